The minimum atomic E-state index is 0.342. The first-order valence-corrected chi connectivity index (χ1v) is 9.67. The van der Waals surface area contributed by atoms with Gasteiger partial charge in [0.1, 0.15) is 5.52 Å². The molecule has 0 fully saturated rings. The number of hydrogen-bond acceptors (Lipinski definition) is 5. The average Bonchev–Trinajstić information content (AvgIpc) is 3.16. The quantitative estimate of drug-likeness (QED) is 0.246. The molecule has 0 bridgehead atoms. The lowest BCUT2D eigenvalue weighted by Crippen LogP contribution is -1.99. The van der Waals surface area contributed by atoms with Gasteiger partial charge in [-0.3, -0.25) is 0 Å². The van der Waals surface area contributed by atoms with Crippen LogP contribution < -0.4 is 5.43 Å². The van der Waals surface area contributed by atoms with E-state index in [-0.39, 0.29) is 0 Å². The van der Waals surface area contributed by atoms with Gasteiger partial charge in [0.15, 0.2) is 5.65 Å². The molecule has 4 aromatic carbocycles. The number of benzene rings is 4. The molecular weight excluding hydrogens is 372 g/mol. The second-order valence-electron chi connectivity index (χ2n) is 7.11. The molecule has 0 saturated carbocycles. The summed E-state index contributed by atoms with van der Waals surface area (Å²) in [7, 11) is 0. The van der Waals surface area contributed by atoms with Crippen LogP contribution in [0.5, 0.6) is 0 Å². The molecule has 6 aromatic rings. The van der Waals surface area contributed by atoms with Crippen LogP contribution >= 0.6 is 0 Å². The Labute approximate surface area is 171 Å². The first kappa shape index (κ1) is 16.6. The van der Waals surface area contributed by atoms with Crippen molar-refractivity contribution in [3.05, 3.63) is 84.4 Å². The van der Waals surface area contributed by atoms with Gasteiger partial charge in [-0.05, 0) is 33.7 Å². The minimum absolute atomic E-state index is 0.342. The first-order valence-electron chi connectivity index (χ1n) is 9.67. The minimum Gasteiger partial charge on any atom is -0.338 e. The zero-order valence-electron chi connectivity index (χ0n) is 15.9. The van der Waals surface area contributed by atoms with E-state index in [0.29, 0.717) is 11.6 Å². The maximum absolute atomic E-state index is 4.51. The summed E-state index contributed by atoms with van der Waals surface area (Å²) < 4.78 is 0. The standard InChI is InChI=1S/C24H16N6/c1-3-9-17-15(7-1)13-16-8-2-4-10-18(16)20(17)14-25-29-24-27-23-22(28-30-24)19-11-5-6-12-21(19)26-23/h1-14H,(H2,26,27,29,30). The Bertz CT molecular complexity index is 1530. The third-order valence-corrected chi connectivity index (χ3v) is 5.29. The second-order valence-corrected chi connectivity index (χ2v) is 7.11. The highest BCUT2D eigenvalue weighted by Gasteiger charge is 2.08. The van der Waals surface area contributed by atoms with Crippen molar-refractivity contribution < 1.29 is 0 Å². The number of fused-ring (bicyclic) bond motifs is 5. The Balaban J connectivity index is 1.40. The predicted octanol–water partition coefficient (Wildman–Crippen LogP) is 5.26. The van der Waals surface area contributed by atoms with Crippen molar-refractivity contribution in [3.8, 4) is 0 Å². The normalized spacial score (nSPS) is 11.9. The number of H-pyrrole nitrogens is 1. The van der Waals surface area contributed by atoms with Crippen molar-refractivity contribution in [2.24, 2.45) is 5.10 Å². The molecule has 0 aliphatic rings. The van der Waals surface area contributed by atoms with Crippen molar-refractivity contribution >= 4 is 55.8 Å². The first-order chi connectivity index (χ1) is 14.9. The maximum atomic E-state index is 4.51. The summed E-state index contributed by atoms with van der Waals surface area (Å²) in [4.78, 5) is 7.78. The van der Waals surface area contributed by atoms with E-state index in [2.05, 4.69) is 61.0 Å². The van der Waals surface area contributed by atoms with E-state index in [4.69, 9.17) is 0 Å². The summed E-state index contributed by atoms with van der Waals surface area (Å²) >= 11 is 0. The fraction of sp³-hybridized carbons (Fsp3) is 0. The lowest BCUT2D eigenvalue weighted by atomic mass is 9.97. The molecule has 0 atom stereocenters. The number of anilines is 1. The number of rotatable bonds is 3. The highest BCUT2D eigenvalue weighted by atomic mass is 15.4. The molecule has 0 unspecified atom stereocenters. The molecule has 0 spiro atoms. The molecule has 2 aromatic heterocycles. The van der Waals surface area contributed by atoms with Crippen LogP contribution in [-0.4, -0.2) is 26.4 Å². The van der Waals surface area contributed by atoms with E-state index >= 15 is 0 Å². The summed E-state index contributed by atoms with van der Waals surface area (Å²) in [5.41, 5.74) is 6.39. The molecule has 6 nitrogen and oxygen atoms in total. The molecule has 0 aliphatic carbocycles. The van der Waals surface area contributed by atoms with Crippen molar-refractivity contribution in [1.82, 2.24) is 20.2 Å². The van der Waals surface area contributed by atoms with Crippen molar-refractivity contribution in [3.63, 3.8) is 0 Å². The van der Waals surface area contributed by atoms with Crippen LogP contribution in [0.1, 0.15) is 5.56 Å². The van der Waals surface area contributed by atoms with Gasteiger partial charge < -0.3 is 4.98 Å². The zero-order chi connectivity index (χ0) is 19.9. The largest absolute Gasteiger partial charge is 0.338 e. The predicted molar refractivity (Wildman–Crippen MR) is 122 cm³/mol. The molecule has 2 heterocycles. The molecule has 2 N–H and O–H groups in total. The lowest BCUT2D eigenvalue weighted by molar-refractivity contribution is 1.01. The number of nitrogens with zero attached hydrogens (tertiary/aromatic N) is 4. The van der Waals surface area contributed by atoms with Crippen LogP contribution in [0.4, 0.5) is 5.95 Å². The van der Waals surface area contributed by atoms with Crippen molar-refractivity contribution in [2.75, 3.05) is 5.43 Å². The Kier molecular flexibility index (Phi) is 3.67. The number of aromatic amines is 1. The van der Waals surface area contributed by atoms with Gasteiger partial charge >= 0.3 is 0 Å². The van der Waals surface area contributed by atoms with Gasteiger partial charge in [-0.2, -0.15) is 10.1 Å². The van der Waals surface area contributed by atoms with Crippen LogP contribution in [0.3, 0.4) is 0 Å². The molecule has 30 heavy (non-hydrogen) atoms. The third kappa shape index (κ3) is 2.66. The monoisotopic (exact) mass is 388 g/mol. The van der Waals surface area contributed by atoms with E-state index in [1.807, 2.05) is 54.7 Å². The van der Waals surface area contributed by atoms with E-state index in [0.717, 1.165) is 32.8 Å². The number of nitrogens with one attached hydrogen (secondary N) is 2. The lowest BCUT2D eigenvalue weighted by Gasteiger charge is -2.07. The number of aromatic nitrogens is 4. The Hall–Kier alpha value is -4.32. The molecule has 0 amide bonds. The topological polar surface area (TPSA) is 78.8 Å². The van der Waals surface area contributed by atoms with Gasteiger partial charge in [-0.25, -0.2) is 5.43 Å². The summed E-state index contributed by atoms with van der Waals surface area (Å²) in [6.45, 7) is 0. The van der Waals surface area contributed by atoms with Crippen LogP contribution in [0, 0.1) is 0 Å². The van der Waals surface area contributed by atoms with Crippen LogP contribution in [0.15, 0.2) is 84.0 Å². The maximum Gasteiger partial charge on any atom is 0.265 e. The Morgan fingerprint density at radius 3 is 2.20 bits per heavy atom. The zero-order valence-corrected chi connectivity index (χ0v) is 15.9. The van der Waals surface area contributed by atoms with Gasteiger partial charge in [-0.15, -0.1) is 10.2 Å². The summed E-state index contributed by atoms with van der Waals surface area (Å²) in [6, 6.07) is 26.8. The summed E-state index contributed by atoms with van der Waals surface area (Å²) in [5, 5.41) is 18.6. The molecule has 6 rings (SSSR count). The smallest absolute Gasteiger partial charge is 0.265 e. The van der Waals surface area contributed by atoms with E-state index < -0.39 is 0 Å². The molecule has 0 radical (unpaired) electrons. The van der Waals surface area contributed by atoms with Gasteiger partial charge in [0, 0.05) is 16.5 Å². The number of hydrazone groups is 1. The Morgan fingerprint density at radius 2 is 1.43 bits per heavy atom. The van der Waals surface area contributed by atoms with Crippen LogP contribution in [0.25, 0.3) is 43.6 Å². The van der Waals surface area contributed by atoms with E-state index in [9.17, 15) is 0 Å². The third-order valence-electron chi connectivity index (χ3n) is 5.29. The fourth-order valence-corrected chi connectivity index (χ4v) is 3.91. The van der Waals surface area contributed by atoms with Crippen molar-refractivity contribution in [1.29, 1.82) is 0 Å². The summed E-state index contributed by atoms with van der Waals surface area (Å²) in [6.07, 6.45) is 1.82. The fourth-order valence-electron chi connectivity index (χ4n) is 3.91. The van der Waals surface area contributed by atoms with E-state index in [1.54, 1.807) is 0 Å². The number of hydrogen-bond donors (Lipinski definition) is 2. The van der Waals surface area contributed by atoms with Gasteiger partial charge in [0.05, 0.1) is 6.21 Å². The molecule has 142 valence electrons. The molecule has 0 aliphatic heterocycles. The highest BCUT2D eigenvalue weighted by Crippen LogP contribution is 2.27. The van der Waals surface area contributed by atoms with Gasteiger partial charge in [0.2, 0.25) is 0 Å². The SMILES string of the molecule is C(=NNc1nnc2c(n1)[nH]c1ccccc12)c1c2ccccc2cc2ccccc12. The van der Waals surface area contributed by atoms with Gasteiger partial charge in [0.25, 0.3) is 5.95 Å². The molecular formula is C24H16N6. The second kappa shape index (κ2) is 6.63. The van der Waals surface area contributed by atoms with Crippen LogP contribution in [-0.2, 0) is 0 Å². The van der Waals surface area contributed by atoms with Gasteiger partial charge in [-0.1, -0.05) is 66.7 Å². The molecule has 6 heteroatoms. The van der Waals surface area contributed by atoms with Crippen LogP contribution in [0.2, 0.25) is 0 Å². The molecule has 0 saturated heterocycles. The summed E-state index contributed by atoms with van der Waals surface area (Å²) in [5.74, 6) is 0.342. The van der Waals surface area contributed by atoms with E-state index in [1.165, 1.54) is 10.8 Å². The average molecular weight is 388 g/mol. The Morgan fingerprint density at radius 1 is 0.767 bits per heavy atom. The number of para-hydroxylation sites is 1. The highest BCUT2D eigenvalue weighted by molar-refractivity contribution is 6.13. The van der Waals surface area contributed by atoms with Crippen molar-refractivity contribution in [2.45, 2.75) is 0 Å².